The van der Waals surface area contributed by atoms with E-state index >= 15 is 0 Å². The van der Waals surface area contributed by atoms with Crippen LogP contribution in [0.25, 0.3) is 0 Å². The number of carbonyl (C=O) groups is 1. The molecule has 0 N–H and O–H groups in total. The molecular formula is C30H44O4S. The highest BCUT2D eigenvalue weighted by atomic mass is 32.2. The summed E-state index contributed by atoms with van der Waals surface area (Å²) >= 11 is 0. The molecular weight excluding hydrogens is 456 g/mol. The SMILES string of the molecule is CC(C)c1cc(C(C)C)c(CC(=O)CS(=O)(=O)Oc2c(C(C)C)cccc2C(C)C)c(C(C)C)c1. The first-order valence-electron chi connectivity index (χ1n) is 12.9. The van der Waals surface area contributed by atoms with E-state index in [4.69, 9.17) is 4.18 Å². The van der Waals surface area contributed by atoms with Crippen molar-refractivity contribution in [3.8, 4) is 5.75 Å². The molecule has 0 heterocycles. The van der Waals surface area contributed by atoms with Crippen molar-refractivity contribution < 1.29 is 17.4 Å². The average Bonchev–Trinajstić information content (AvgIpc) is 2.72. The van der Waals surface area contributed by atoms with Gasteiger partial charge in [0.15, 0.2) is 5.78 Å². The Hall–Kier alpha value is -2.14. The van der Waals surface area contributed by atoms with Gasteiger partial charge in [0.05, 0.1) is 0 Å². The Balaban J connectivity index is 2.40. The van der Waals surface area contributed by atoms with E-state index in [1.165, 1.54) is 5.56 Å². The van der Waals surface area contributed by atoms with Gasteiger partial charge in [0.1, 0.15) is 11.5 Å². The lowest BCUT2D eigenvalue weighted by Crippen LogP contribution is -2.24. The zero-order valence-corrected chi connectivity index (χ0v) is 24.0. The van der Waals surface area contributed by atoms with Crippen LogP contribution in [0.5, 0.6) is 5.75 Å². The number of rotatable bonds is 11. The quantitative estimate of drug-likeness (QED) is 0.295. The number of hydrogen-bond acceptors (Lipinski definition) is 4. The molecule has 2 rings (SSSR count). The fourth-order valence-corrected chi connectivity index (χ4v) is 5.49. The molecule has 4 nitrogen and oxygen atoms in total. The summed E-state index contributed by atoms with van der Waals surface area (Å²) in [5.74, 6) is 0.406. The van der Waals surface area contributed by atoms with Gasteiger partial charge in [0.2, 0.25) is 0 Å². The van der Waals surface area contributed by atoms with E-state index in [-0.39, 0.29) is 35.9 Å². The summed E-state index contributed by atoms with van der Waals surface area (Å²) in [6.07, 6.45) is 0.0882. The van der Waals surface area contributed by atoms with Gasteiger partial charge in [-0.2, -0.15) is 8.42 Å². The number of Topliss-reactive ketones (excluding diaryl/α,β-unsaturated/α-hetero) is 1. The van der Waals surface area contributed by atoms with Gasteiger partial charge in [-0.3, -0.25) is 4.79 Å². The molecule has 2 aromatic rings. The van der Waals surface area contributed by atoms with E-state index in [2.05, 4.69) is 53.7 Å². The van der Waals surface area contributed by atoms with Crippen molar-refractivity contribution in [3.63, 3.8) is 0 Å². The smallest absolute Gasteiger partial charge is 0.316 e. The molecule has 0 aliphatic carbocycles. The van der Waals surface area contributed by atoms with Crippen molar-refractivity contribution in [2.75, 3.05) is 5.75 Å². The van der Waals surface area contributed by atoms with Gasteiger partial charge >= 0.3 is 10.1 Å². The Kier molecular flexibility index (Phi) is 9.75. The van der Waals surface area contributed by atoms with Gasteiger partial charge in [-0.25, -0.2) is 0 Å². The van der Waals surface area contributed by atoms with Gasteiger partial charge in [0.25, 0.3) is 0 Å². The first-order chi connectivity index (χ1) is 16.1. The summed E-state index contributed by atoms with van der Waals surface area (Å²) in [4.78, 5) is 13.2. The maximum atomic E-state index is 13.2. The summed E-state index contributed by atoms with van der Waals surface area (Å²) in [6.45, 7) is 20.8. The predicted octanol–water partition coefficient (Wildman–Crippen LogP) is 7.82. The first kappa shape index (κ1) is 29.1. The number of ketones is 1. The lowest BCUT2D eigenvalue weighted by Gasteiger charge is -2.23. The Bertz CT molecular complexity index is 1080. The molecule has 0 saturated heterocycles. The molecule has 0 radical (unpaired) electrons. The standard InChI is InChI=1S/C30H44O4S/c1-18(2)23-14-27(21(7)8)29(28(15-23)22(9)10)16-24(31)17-35(32,33)34-30-25(19(3)4)12-11-13-26(30)20(5)6/h11-15,18-22H,16-17H2,1-10H3. The Morgan fingerprint density at radius 1 is 0.714 bits per heavy atom. The molecule has 0 bridgehead atoms. The minimum Gasteiger partial charge on any atom is -0.381 e. The number of hydrogen-bond donors (Lipinski definition) is 0. The van der Waals surface area contributed by atoms with Gasteiger partial charge in [-0.05, 0) is 63.0 Å². The fraction of sp³-hybridized carbons (Fsp3) is 0.567. The summed E-state index contributed by atoms with van der Waals surface area (Å²) in [6, 6.07) is 10.1. The maximum absolute atomic E-state index is 13.2. The van der Waals surface area contributed by atoms with Crippen molar-refractivity contribution in [1.82, 2.24) is 0 Å². The number of para-hydroxylation sites is 1. The van der Waals surface area contributed by atoms with E-state index in [0.717, 1.165) is 27.8 Å². The zero-order chi connectivity index (χ0) is 26.7. The van der Waals surface area contributed by atoms with Crippen LogP contribution in [0, 0.1) is 0 Å². The largest absolute Gasteiger partial charge is 0.381 e. The van der Waals surface area contributed by atoms with Crippen LogP contribution in [-0.4, -0.2) is 20.0 Å². The molecule has 0 aliphatic heterocycles. The summed E-state index contributed by atoms with van der Waals surface area (Å²) < 4.78 is 31.8. The van der Waals surface area contributed by atoms with Crippen LogP contribution in [0.4, 0.5) is 0 Å². The molecule has 0 aliphatic rings. The van der Waals surface area contributed by atoms with Crippen LogP contribution in [-0.2, 0) is 21.3 Å². The van der Waals surface area contributed by atoms with E-state index in [0.29, 0.717) is 11.7 Å². The van der Waals surface area contributed by atoms with Crippen LogP contribution in [0.3, 0.4) is 0 Å². The number of benzene rings is 2. The molecule has 0 fully saturated rings. The highest BCUT2D eigenvalue weighted by molar-refractivity contribution is 7.87. The van der Waals surface area contributed by atoms with Crippen molar-refractivity contribution in [3.05, 3.63) is 63.7 Å². The van der Waals surface area contributed by atoms with E-state index in [1.54, 1.807) is 0 Å². The molecule has 0 spiro atoms. The molecule has 5 heteroatoms. The third-order valence-corrected chi connectivity index (χ3v) is 7.59. The fourth-order valence-electron chi connectivity index (χ4n) is 4.49. The summed E-state index contributed by atoms with van der Waals surface area (Å²) in [5, 5.41) is 0. The summed E-state index contributed by atoms with van der Waals surface area (Å²) in [7, 11) is -4.10. The van der Waals surface area contributed by atoms with Gasteiger partial charge in [0, 0.05) is 6.42 Å². The van der Waals surface area contributed by atoms with E-state index in [9.17, 15) is 13.2 Å². The van der Waals surface area contributed by atoms with Crippen molar-refractivity contribution >= 4 is 15.9 Å². The highest BCUT2D eigenvalue weighted by Gasteiger charge is 2.26. The topological polar surface area (TPSA) is 60.4 Å². The highest BCUT2D eigenvalue weighted by Crippen LogP contribution is 2.36. The normalized spacial score (nSPS) is 12.4. The third kappa shape index (κ3) is 7.42. The molecule has 0 unspecified atom stereocenters. The monoisotopic (exact) mass is 500 g/mol. The van der Waals surface area contributed by atoms with Gasteiger partial charge in [-0.1, -0.05) is 99.6 Å². The minimum absolute atomic E-state index is 0.0882. The first-order valence-corrected chi connectivity index (χ1v) is 14.5. The number of carbonyl (C=O) groups excluding carboxylic acids is 1. The van der Waals surface area contributed by atoms with Crippen LogP contribution in [0.2, 0.25) is 0 Å². The average molecular weight is 501 g/mol. The molecule has 0 aromatic heterocycles. The van der Waals surface area contributed by atoms with Crippen LogP contribution in [0.1, 0.15) is 132 Å². The lowest BCUT2D eigenvalue weighted by molar-refractivity contribution is -0.116. The second-order valence-electron chi connectivity index (χ2n) is 11.2. The predicted molar refractivity (Wildman–Crippen MR) is 146 cm³/mol. The van der Waals surface area contributed by atoms with Crippen LogP contribution >= 0.6 is 0 Å². The van der Waals surface area contributed by atoms with Crippen molar-refractivity contribution in [1.29, 1.82) is 0 Å². The van der Waals surface area contributed by atoms with E-state index in [1.807, 2.05) is 45.9 Å². The van der Waals surface area contributed by atoms with Gasteiger partial charge < -0.3 is 4.18 Å². The Morgan fingerprint density at radius 2 is 1.14 bits per heavy atom. The van der Waals surface area contributed by atoms with E-state index < -0.39 is 15.9 Å². The molecule has 2 aromatic carbocycles. The van der Waals surface area contributed by atoms with Crippen molar-refractivity contribution in [2.45, 2.75) is 105 Å². The molecule has 0 saturated carbocycles. The third-order valence-electron chi connectivity index (χ3n) is 6.49. The Labute approximate surface area is 213 Å². The second-order valence-corrected chi connectivity index (χ2v) is 12.8. The van der Waals surface area contributed by atoms with Crippen molar-refractivity contribution in [2.24, 2.45) is 0 Å². The minimum atomic E-state index is -4.10. The second kappa shape index (κ2) is 11.7. The summed E-state index contributed by atoms with van der Waals surface area (Å²) in [5.41, 5.74) is 6.13. The molecule has 0 atom stereocenters. The van der Waals surface area contributed by atoms with Crippen LogP contribution in [0.15, 0.2) is 30.3 Å². The van der Waals surface area contributed by atoms with Crippen LogP contribution < -0.4 is 4.18 Å². The maximum Gasteiger partial charge on any atom is 0.316 e. The Morgan fingerprint density at radius 3 is 1.51 bits per heavy atom. The molecule has 35 heavy (non-hydrogen) atoms. The molecule has 194 valence electrons. The zero-order valence-electron chi connectivity index (χ0n) is 23.2. The lowest BCUT2D eigenvalue weighted by atomic mass is 9.83. The van der Waals surface area contributed by atoms with Gasteiger partial charge in [-0.15, -0.1) is 0 Å². The molecule has 0 amide bonds.